The van der Waals surface area contributed by atoms with Crippen molar-refractivity contribution in [2.24, 2.45) is 0 Å². The van der Waals surface area contributed by atoms with Gasteiger partial charge in [-0.2, -0.15) is 0 Å². The maximum absolute atomic E-state index is 11.8. The summed E-state index contributed by atoms with van der Waals surface area (Å²) in [7, 11) is 0. The highest BCUT2D eigenvalue weighted by molar-refractivity contribution is 7.15. The molecule has 0 aliphatic carbocycles. The van der Waals surface area contributed by atoms with E-state index in [9.17, 15) is 4.79 Å². The summed E-state index contributed by atoms with van der Waals surface area (Å²) >= 11 is 1.34. The number of aromatic nitrogens is 2. The van der Waals surface area contributed by atoms with Crippen LogP contribution in [0.15, 0.2) is 12.1 Å². The minimum Gasteiger partial charge on any atom is -0.483 e. The first-order valence-electron chi connectivity index (χ1n) is 6.27. The van der Waals surface area contributed by atoms with Crippen LogP contribution in [-0.4, -0.2) is 22.7 Å². The number of amides is 1. The Kier molecular flexibility index (Phi) is 4.34. The zero-order valence-corrected chi connectivity index (χ0v) is 12.8. The first kappa shape index (κ1) is 14.5. The first-order chi connectivity index (χ1) is 9.47. The van der Waals surface area contributed by atoms with Crippen molar-refractivity contribution in [2.45, 2.75) is 27.7 Å². The standard InChI is InChI=1S/C14H17N3O2S/c1-8-5-6-9(2)13(10(8)3)19-7-12(18)15-14-17-16-11(4)20-14/h5-6H,7H2,1-4H3,(H,15,17,18). The minimum absolute atomic E-state index is 0.0379. The molecule has 0 bridgehead atoms. The van der Waals surface area contributed by atoms with Gasteiger partial charge < -0.3 is 4.74 Å². The van der Waals surface area contributed by atoms with E-state index in [4.69, 9.17) is 4.74 Å². The summed E-state index contributed by atoms with van der Waals surface area (Å²) in [6, 6.07) is 4.03. The molecule has 1 heterocycles. The van der Waals surface area contributed by atoms with Gasteiger partial charge in [-0.15, -0.1) is 10.2 Å². The highest BCUT2D eigenvalue weighted by atomic mass is 32.1. The number of nitrogens with zero attached hydrogens (tertiary/aromatic N) is 2. The van der Waals surface area contributed by atoms with Crippen LogP contribution in [0.2, 0.25) is 0 Å². The van der Waals surface area contributed by atoms with E-state index in [2.05, 4.69) is 15.5 Å². The van der Waals surface area contributed by atoms with Crippen LogP contribution in [0.4, 0.5) is 5.13 Å². The first-order valence-corrected chi connectivity index (χ1v) is 7.08. The highest BCUT2D eigenvalue weighted by Crippen LogP contribution is 2.25. The molecular formula is C14H17N3O2S. The Bertz CT molecular complexity index is 637. The molecule has 0 unspecified atom stereocenters. The summed E-state index contributed by atoms with van der Waals surface area (Å²) in [6.45, 7) is 7.77. The molecule has 0 radical (unpaired) electrons. The Morgan fingerprint density at radius 2 is 1.90 bits per heavy atom. The van der Waals surface area contributed by atoms with E-state index in [0.717, 1.165) is 27.4 Å². The van der Waals surface area contributed by atoms with Crippen LogP contribution in [0, 0.1) is 27.7 Å². The molecule has 5 nitrogen and oxygen atoms in total. The van der Waals surface area contributed by atoms with Crippen LogP contribution in [0.1, 0.15) is 21.7 Å². The molecule has 1 N–H and O–H groups in total. The van der Waals surface area contributed by atoms with Crippen LogP contribution in [0.25, 0.3) is 0 Å². The van der Waals surface area contributed by atoms with E-state index in [1.54, 1.807) is 0 Å². The number of hydrogen-bond acceptors (Lipinski definition) is 5. The van der Waals surface area contributed by atoms with E-state index < -0.39 is 0 Å². The summed E-state index contributed by atoms with van der Waals surface area (Å²) in [6.07, 6.45) is 0. The van der Waals surface area contributed by atoms with Gasteiger partial charge in [0.2, 0.25) is 5.13 Å². The summed E-state index contributed by atoms with van der Waals surface area (Å²) in [5.74, 6) is 0.537. The van der Waals surface area contributed by atoms with Crippen LogP contribution in [-0.2, 0) is 4.79 Å². The van der Waals surface area contributed by atoms with Crippen molar-refractivity contribution in [1.29, 1.82) is 0 Å². The van der Waals surface area contributed by atoms with E-state index in [0.29, 0.717) is 5.13 Å². The number of carbonyl (C=O) groups is 1. The lowest BCUT2D eigenvalue weighted by Gasteiger charge is -2.13. The second kappa shape index (κ2) is 6.00. The lowest BCUT2D eigenvalue weighted by molar-refractivity contribution is -0.118. The number of benzene rings is 1. The number of nitrogens with one attached hydrogen (secondary N) is 1. The fraction of sp³-hybridized carbons (Fsp3) is 0.357. The largest absolute Gasteiger partial charge is 0.483 e. The molecule has 2 aromatic rings. The molecule has 1 aromatic heterocycles. The van der Waals surface area contributed by atoms with Crippen molar-refractivity contribution in [3.63, 3.8) is 0 Å². The lowest BCUT2D eigenvalue weighted by atomic mass is 10.1. The number of ether oxygens (including phenoxy) is 1. The molecule has 106 valence electrons. The lowest BCUT2D eigenvalue weighted by Crippen LogP contribution is -2.20. The number of carbonyl (C=O) groups excluding carboxylic acids is 1. The Hall–Kier alpha value is -1.95. The molecular weight excluding hydrogens is 274 g/mol. The molecule has 1 aromatic carbocycles. The summed E-state index contributed by atoms with van der Waals surface area (Å²) in [5, 5.41) is 11.7. The van der Waals surface area contributed by atoms with Gasteiger partial charge in [0, 0.05) is 0 Å². The maximum Gasteiger partial charge on any atom is 0.264 e. The molecule has 2 rings (SSSR count). The topological polar surface area (TPSA) is 64.1 Å². The predicted molar refractivity (Wildman–Crippen MR) is 79.4 cm³/mol. The van der Waals surface area contributed by atoms with E-state index >= 15 is 0 Å². The van der Waals surface area contributed by atoms with Crippen molar-refractivity contribution < 1.29 is 9.53 Å². The molecule has 0 fully saturated rings. The predicted octanol–water partition coefficient (Wildman–Crippen LogP) is 2.79. The smallest absolute Gasteiger partial charge is 0.264 e. The highest BCUT2D eigenvalue weighted by Gasteiger charge is 2.10. The fourth-order valence-corrected chi connectivity index (χ4v) is 2.40. The second-order valence-electron chi connectivity index (χ2n) is 4.62. The third-order valence-corrected chi connectivity index (χ3v) is 3.75. The SMILES string of the molecule is Cc1nnc(NC(=O)COc2c(C)ccc(C)c2C)s1. The Morgan fingerprint density at radius 1 is 1.20 bits per heavy atom. The second-order valence-corrected chi connectivity index (χ2v) is 5.80. The molecule has 1 amide bonds. The van der Waals surface area contributed by atoms with E-state index in [1.165, 1.54) is 11.3 Å². The van der Waals surface area contributed by atoms with Gasteiger partial charge in [-0.25, -0.2) is 0 Å². The summed E-state index contributed by atoms with van der Waals surface area (Å²) in [4.78, 5) is 11.8. The average Bonchev–Trinajstić information content (AvgIpc) is 2.79. The number of aryl methyl sites for hydroxylation is 3. The minimum atomic E-state index is -0.235. The zero-order chi connectivity index (χ0) is 14.7. The van der Waals surface area contributed by atoms with Crippen LogP contribution in [0.5, 0.6) is 5.75 Å². The van der Waals surface area contributed by atoms with Crippen LogP contribution < -0.4 is 10.1 Å². The number of hydrogen-bond donors (Lipinski definition) is 1. The van der Waals surface area contributed by atoms with Crippen molar-refractivity contribution in [3.8, 4) is 5.75 Å². The molecule has 0 aliphatic rings. The van der Waals surface area contributed by atoms with Gasteiger partial charge >= 0.3 is 0 Å². The van der Waals surface area contributed by atoms with Gasteiger partial charge in [0.15, 0.2) is 6.61 Å². The average molecular weight is 291 g/mol. The zero-order valence-electron chi connectivity index (χ0n) is 12.0. The fourth-order valence-electron chi connectivity index (χ4n) is 1.79. The quantitative estimate of drug-likeness (QED) is 0.940. The molecule has 0 aliphatic heterocycles. The molecule has 0 saturated carbocycles. The molecule has 0 atom stereocenters. The third-order valence-electron chi connectivity index (χ3n) is 2.99. The van der Waals surface area contributed by atoms with Crippen molar-refractivity contribution in [2.75, 3.05) is 11.9 Å². The van der Waals surface area contributed by atoms with Gasteiger partial charge in [-0.05, 0) is 44.4 Å². The Labute approximate surface area is 122 Å². The van der Waals surface area contributed by atoms with Crippen LogP contribution in [0.3, 0.4) is 0 Å². The summed E-state index contributed by atoms with van der Waals surface area (Å²) in [5.41, 5.74) is 3.22. The van der Waals surface area contributed by atoms with Gasteiger partial charge in [-0.3, -0.25) is 10.1 Å². The maximum atomic E-state index is 11.8. The Balaban J connectivity index is 1.98. The van der Waals surface area contributed by atoms with E-state index in [1.807, 2.05) is 39.8 Å². The third kappa shape index (κ3) is 3.33. The molecule has 6 heteroatoms. The van der Waals surface area contributed by atoms with Crippen molar-refractivity contribution in [3.05, 3.63) is 33.8 Å². The number of anilines is 1. The molecule has 20 heavy (non-hydrogen) atoms. The van der Waals surface area contributed by atoms with Gasteiger partial charge in [0.05, 0.1) is 0 Å². The number of rotatable bonds is 4. The van der Waals surface area contributed by atoms with E-state index in [-0.39, 0.29) is 12.5 Å². The molecule has 0 spiro atoms. The molecule has 0 saturated heterocycles. The normalized spacial score (nSPS) is 10.4. The van der Waals surface area contributed by atoms with Gasteiger partial charge in [-0.1, -0.05) is 23.5 Å². The van der Waals surface area contributed by atoms with Gasteiger partial charge in [0.25, 0.3) is 5.91 Å². The van der Waals surface area contributed by atoms with Crippen molar-refractivity contribution >= 4 is 22.4 Å². The van der Waals surface area contributed by atoms with Crippen molar-refractivity contribution in [1.82, 2.24) is 10.2 Å². The monoisotopic (exact) mass is 291 g/mol. The Morgan fingerprint density at radius 3 is 2.55 bits per heavy atom. The van der Waals surface area contributed by atoms with Crippen LogP contribution >= 0.6 is 11.3 Å². The summed E-state index contributed by atoms with van der Waals surface area (Å²) < 4.78 is 5.63. The van der Waals surface area contributed by atoms with Gasteiger partial charge in [0.1, 0.15) is 10.8 Å².